The molecule has 4 unspecified atom stereocenters. The van der Waals surface area contributed by atoms with E-state index in [0.717, 1.165) is 44.9 Å². The first-order chi connectivity index (χ1) is 11.6. The molecule has 4 fully saturated rings. The molecule has 4 aliphatic carbocycles. The second-order valence-corrected chi connectivity index (χ2v) is 10.3. The minimum absolute atomic E-state index is 0.106. The Kier molecular flexibility index (Phi) is 4.13. The van der Waals surface area contributed by atoms with Gasteiger partial charge >= 0.3 is 0 Å². The van der Waals surface area contributed by atoms with Gasteiger partial charge in [-0.1, -0.05) is 13.8 Å². The molecule has 4 heteroatoms. The number of aliphatic hydroxyl groups is 4. The highest BCUT2D eigenvalue weighted by atomic mass is 16.3. The lowest BCUT2D eigenvalue weighted by molar-refractivity contribution is -0.203. The number of fused-ring (bicyclic) bond motifs is 5. The first kappa shape index (κ1) is 18.2. The van der Waals surface area contributed by atoms with E-state index in [1.165, 1.54) is 0 Å². The average molecular weight is 353 g/mol. The normalized spacial score (nSPS) is 59.6. The fourth-order valence-corrected chi connectivity index (χ4v) is 8.02. The van der Waals surface area contributed by atoms with Gasteiger partial charge in [-0.05, 0) is 87.4 Å². The van der Waals surface area contributed by atoms with Crippen molar-refractivity contribution in [3.63, 3.8) is 0 Å². The summed E-state index contributed by atoms with van der Waals surface area (Å²) in [6.45, 7) is 6.26. The molecule has 0 radical (unpaired) electrons. The maximum atomic E-state index is 11.3. The molecule has 0 heterocycles. The molecule has 4 nitrogen and oxygen atoms in total. The van der Waals surface area contributed by atoms with Crippen molar-refractivity contribution in [3.8, 4) is 0 Å². The van der Waals surface area contributed by atoms with Crippen LogP contribution in [0.25, 0.3) is 0 Å². The zero-order chi connectivity index (χ0) is 18.2. The van der Waals surface area contributed by atoms with Gasteiger partial charge in [-0.3, -0.25) is 0 Å². The van der Waals surface area contributed by atoms with Crippen LogP contribution in [0.4, 0.5) is 0 Å². The third-order valence-corrected chi connectivity index (χ3v) is 9.56. The molecule has 0 aromatic carbocycles. The van der Waals surface area contributed by atoms with Crippen LogP contribution in [0, 0.1) is 34.5 Å². The van der Waals surface area contributed by atoms with Crippen LogP contribution < -0.4 is 0 Å². The Morgan fingerprint density at radius 3 is 2.24 bits per heavy atom. The molecule has 0 aromatic heterocycles. The Labute approximate surface area is 151 Å². The van der Waals surface area contributed by atoms with Crippen LogP contribution in [0.3, 0.4) is 0 Å². The summed E-state index contributed by atoms with van der Waals surface area (Å²) >= 11 is 0. The van der Waals surface area contributed by atoms with E-state index in [2.05, 4.69) is 13.8 Å². The second kappa shape index (κ2) is 5.67. The molecule has 0 aromatic rings. The molecular formula is C21H36O4. The van der Waals surface area contributed by atoms with Crippen LogP contribution in [-0.4, -0.2) is 44.3 Å². The van der Waals surface area contributed by atoms with Crippen LogP contribution in [0.2, 0.25) is 0 Å². The highest BCUT2D eigenvalue weighted by molar-refractivity contribution is 5.16. The van der Waals surface area contributed by atoms with Gasteiger partial charge in [0, 0.05) is 5.41 Å². The molecule has 4 rings (SSSR count). The number of rotatable bonds is 1. The Morgan fingerprint density at radius 1 is 0.880 bits per heavy atom. The number of aliphatic hydroxyl groups excluding tert-OH is 3. The summed E-state index contributed by atoms with van der Waals surface area (Å²) in [6, 6.07) is 0. The third kappa shape index (κ3) is 2.27. The Hall–Kier alpha value is -0.160. The molecule has 0 aliphatic heterocycles. The monoisotopic (exact) mass is 352 g/mol. The zero-order valence-corrected chi connectivity index (χ0v) is 16.0. The lowest BCUT2D eigenvalue weighted by Crippen LogP contribution is -2.61. The molecule has 4 saturated carbocycles. The predicted molar refractivity (Wildman–Crippen MR) is 95.8 cm³/mol. The van der Waals surface area contributed by atoms with E-state index in [-0.39, 0.29) is 29.0 Å². The smallest absolute Gasteiger partial charge is 0.0958 e. The van der Waals surface area contributed by atoms with E-state index >= 15 is 0 Å². The largest absolute Gasteiger partial charge is 0.393 e. The Bertz CT molecular complexity index is 536. The van der Waals surface area contributed by atoms with Crippen molar-refractivity contribution in [1.29, 1.82) is 0 Å². The van der Waals surface area contributed by atoms with Crippen LogP contribution in [-0.2, 0) is 0 Å². The zero-order valence-electron chi connectivity index (χ0n) is 16.0. The van der Waals surface area contributed by atoms with Crippen molar-refractivity contribution in [2.75, 3.05) is 0 Å². The van der Waals surface area contributed by atoms with E-state index < -0.39 is 11.7 Å². The molecule has 144 valence electrons. The first-order valence-corrected chi connectivity index (χ1v) is 10.4. The SMILES string of the molecule is CC(O)[C@@]1(O)CC[C@H]2[C@@H]3CC(O)C4CC(O)CC[C@]4(C)[C@H]3CC[C@@]21C. The third-order valence-electron chi connectivity index (χ3n) is 9.56. The van der Waals surface area contributed by atoms with Crippen molar-refractivity contribution in [1.82, 2.24) is 0 Å². The van der Waals surface area contributed by atoms with E-state index in [4.69, 9.17) is 0 Å². The summed E-state index contributed by atoms with van der Waals surface area (Å²) in [5.74, 6) is 1.59. The van der Waals surface area contributed by atoms with Crippen LogP contribution in [0.1, 0.15) is 72.1 Å². The molecule has 0 amide bonds. The van der Waals surface area contributed by atoms with Gasteiger partial charge in [0.15, 0.2) is 0 Å². The maximum absolute atomic E-state index is 11.3. The van der Waals surface area contributed by atoms with Crippen LogP contribution in [0.5, 0.6) is 0 Å². The Balaban J connectivity index is 1.67. The quantitative estimate of drug-likeness (QED) is 0.584. The lowest BCUT2D eigenvalue weighted by Gasteiger charge is -2.62. The average Bonchev–Trinajstić information content (AvgIpc) is 2.83. The van der Waals surface area contributed by atoms with E-state index in [0.29, 0.717) is 24.2 Å². The van der Waals surface area contributed by atoms with E-state index in [9.17, 15) is 20.4 Å². The van der Waals surface area contributed by atoms with Crippen molar-refractivity contribution in [3.05, 3.63) is 0 Å². The minimum atomic E-state index is -0.992. The molecule has 25 heavy (non-hydrogen) atoms. The van der Waals surface area contributed by atoms with Gasteiger partial charge in [0.2, 0.25) is 0 Å². The van der Waals surface area contributed by atoms with Gasteiger partial charge < -0.3 is 20.4 Å². The second-order valence-electron chi connectivity index (χ2n) is 10.3. The van der Waals surface area contributed by atoms with E-state index in [1.807, 2.05) is 0 Å². The number of hydrogen-bond acceptors (Lipinski definition) is 4. The summed E-state index contributed by atoms with van der Waals surface area (Å²) in [5.41, 5.74) is -1.14. The first-order valence-electron chi connectivity index (χ1n) is 10.4. The van der Waals surface area contributed by atoms with Crippen LogP contribution >= 0.6 is 0 Å². The highest BCUT2D eigenvalue weighted by Crippen LogP contribution is 2.68. The summed E-state index contributed by atoms with van der Waals surface area (Å²) in [6.07, 6.45) is 5.73. The van der Waals surface area contributed by atoms with Gasteiger partial charge in [0.05, 0.1) is 23.9 Å². The topological polar surface area (TPSA) is 80.9 Å². The van der Waals surface area contributed by atoms with Crippen LogP contribution in [0.15, 0.2) is 0 Å². The molecule has 4 aliphatic rings. The van der Waals surface area contributed by atoms with Gasteiger partial charge in [-0.15, -0.1) is 0 Å². The fourth-order valence-electron chi connectivity index (χ4n) is 8.02. The molecule has 0 spiro atoms. The maximum Gasteiger partial charge on any atom is 0.0958 e. The van der Waals surface area contributed by atoms with Gasteiger partial charge in [0.1, 0.15) is 0 Å². The van der Waals surface area contributed by atoms with Crippen molar-refractivity contribution >= 4 is 0 Å². The Morgan fingerprint density at radius 2 is 1.56 bits per heavy atom. The molecule has 0 bridgehead atoms. The summed E-state index contributed by atoms with van der Waals surface area (Å²) in [4.78, 5) is 0. The molecule has 10 atom stereocenters. The fraction of sp³-hybridized carbons (Fsp3) is 1.00. The molecular weight excluding hydrogens is 316 g/mol. The predicted octanol–water partition coefficient (Wildman–Crippen LogP) is 2.47. The summed E-state index contributed by atoms with van der Waals surface area (Å²) in [5, 5.41) is 42.6. The van der Waals surface area contributed by atoms with E-state index in [1.54, 1.807) is 6.92 Å². The molecule has 4 N–H and O–H groups in total. The number of hydrogen-bond donors (Lipinski definition) is 4. The summed E-state index contributed by atoms with van der Waals surface area (Å²) < 4.78 is 0. The molecule has 0 saturated heterocycles. The lowest BCUT2D eigenvalue weighted by atomic mass is 9.43. The van der Waals surface area contributed by atoms with Crippen molar-refractivity contribution < 1.29 is 20.4 Å². The minimum Gasteiger partial charge on any atom is -0.393 e. The summed E-state index contributed by atoms with van der Waals surface area (Å²) in [7, 11) is 0. The van der Waals surface area contributed by atoms with Gasteiger partial charge in [-0.25, -0.2) is 0 Å². The highest BCUT2D eigenvalue weighted by Gasteiger charge is 2.66. The van der Waals surface area contributed by atoms with Crippen molar-refractivity contribution in [2.24, 2.45) is 34.5 Å². The standard InChI is InChI=1S/C21H36O4/c1-12(22)21(25)9-6-16-14-11-18(24)17-10-13(23)4-7-19(17,2)15(14)5-8-20(16,21)3/h12-18,22-25H,4-11H2,1-3H3/t12?,13?,14-,15+,16+,17?,18?,19-,20+,21+/m1/s1. The van der Waals surface area contributed by atoms with Crippen molar-refractivity contribution in [2.45, 2.75) is 96.1 Å². The van der Waals surface area contributed by atoms with Gasteiger partial charge in [-0.2, -0.15) is 0 Å². The van der Waals surface area contributed by atoms with Gasteiger partial charge in [0.25, 0.3) is 0 Å².